The van der Waals surface area contributed by atoms with Gasteiger partial charge in [-0.15, -0.1) is 0 Å². The SMILES string of the molecule is CCCCCCCCCCCCOCCOCCOC(=O)NCCN(C(=O)c1ccc[n+](CC)c1)c1ccccc1.[I-]. The molecule has 0 saturated carbocycles. The van der Waals surface area contributed by atoms with Crippen LogP contribution in [0.5, 0.6) is 0 Å². The van der Waals surface area contributed by atoms with Crippen LogP contribution in [0.15, 0.2) is 54.9 Å². The summed E-state index contributed by atoms with van der Waals surface area (Å²) < 4.78 is 18.3. The van der Waals surface area contributed by atoms with E-state index in [1.54, 1.807) is 11.0 Å². The van der Waals surface area contributed by atoms with Gasteiger partial charge in [0.05, 0.1) is 19.8 Å². The van der Waals surface area contributed by atoms with E-state index >= 15 is 0 Å². The standard InChI is InChI=1S/C33H51N3O5.HI/c1-3-5-6-7-8-9-10-11-12-16-24-39-25-26-40-27-28-41-33(38)34-21-23-36(31-19-14-13-15-20-31)32(37)30-18-17-22-35(4-2)29-30;/h13-15,17-20,22,29H,3-12,16,21,23-28H2,1-2H3;1H. The van der Waals surface area contributed by atoms with Crippen LogP contribution in [0, 0.1) is 0 Å². The topological polar surface area (TPSA) is 81.0 Å². The molecule has 1 N–H and O–H groups in total. The van der Waals surface area contributed by atoms with Crippen LogP contribution in [0.4, 0.5) is 10.5 Å². The molecule has 0 aliphatic heterocycles. The molecule has 9 heteroatoms. The van der Waals surface area contributed by atoms with Crippen LogP contribution in [-0.2, 0) is 20.8 Å². The summed E-state index contributed by atoms with van der Waals surface area (Å²) in [7, 11) is 0. The maximum Gasteiger partial charge on any atom is 0.407 e. The third kappa shape index (κ3) is 17.0. The third-order valence-corrected chi connectivity index (χ3v) is 6.86. The highest BCUT2D eigenvalue weighted by atomic mass is 127. The van der Waals surface area contributed by atoms with Crippen LogP contribution < -0.4 is 38.8 Å². The highest BCUT2D eigenvalue weighted by molar-refractivity contribution is 6.05. The molecule has 1 aromatic heterocycles. The van der Waals surface area contributed by atoms with Crippen molar-refractivity contribution in [1.29, 1.82) is 0 Å². The number of nitrogens with one attached hydrogen (secondary N) is 1. The minimum atomic E-state index is -0.533. The van der Waals surface area contributed by atoms with Gasteiger partial charge in [0.25, 0.3) is 5.91 Å². The number of alkyl carbamates (subject to hydrolysis) is 1. The normalized spacial score (nSPS) is 10.6. The van der Waals surface area contributed by atoms with E-state index in [0.717, 1.165) is 25.3 Å². The maximum absolute atomic E-state index is 13.3. The van der Waals surface area contributed by atoms with Crippen molar-refractivity contribution in [1.82, 2.24) is 5.32 Å². The Kier molecular flexibility index (Phi) is 22.7. The maximum atomic E-state index is 13.3. The molecular formula is C33H52IN3O5. The Labute approximate surface area is 270 Å². The molecule has 2 amide bonds. The van der Waals surface area contributed by atoms with E-state index in [2.05, 4.69) is 12.2 Å². The number of carbonyl (C=O) groups is 2. The molecule has 0 bridgehead atoms. The molecule has 2 rings (SSSR count). The number of pyridine rings is 1. The van der Waals surface area contributed by atoms with E-state index in [0.29, 0.717) is 31.9 Å². The fraction of sp³-hybridized carbons (Fsp3) is 0.606. The lowest BCUT2D eigenvalue weighted by atomic mass is 10.1. The number of rotatable bonds is 23. The second-order valence-corrected chi connectivity index (χ2v) is 10.2. The first-order valence-electron chi connectivity index (χ1n) is 15.6. The molecule has 0 unspecified atom stereocenters. The van der Waals surface area contributed by atoms with Crippen LogP contribution in [0.3, 0.4) is 0 Å². The van der Waals surface area contributed by atoms with E-state index in [1.165, 1.54) is 57.8 Å². The summed E-state index contributed by atoms with van der Waals surface area (Å²) in [6, 6.07) is 13.1. The number of anilines is 1. The number of unbranched alkanes of at least 4 members (excludes halogenated alkanes) is 9. The minimum Gasteiger partial charge on any atom is -1.00 e. The molecule has 0 fully saturated rings. The molecule has 42 heavy (non-hydrogen) atoms. The van der Waals surface area contributed by atoms with Crippen molar-refractivity contribution >= 4 is 17.7 Å². The molecule has 1 aromatic carbocycles. The molecule has 0 spiro atoms. The molecule has 1 heterocycles. The number of amides is 2. The zero-order chi connectivity index (χ0) is 29.4. The number of hydrogen-bond acceptors (Lipinski definition) is 5. The fourth-order valence-electron chi connectivity index (χ4n) is 4.48. The molecule has 2 aromatic rings. The second kappa shape index (κ2) is 25.3. The van der Waals surface area contributed by atoms with Crippen molar-refractivity contribution in [3.63, 3.8) is 0 Å². The lowest BCUT2D eigenvalue weighted by molar-refractivity contribution is -0.693. The van der Waals surface area contributed by atoms with Gasteiger partial charge < -0.3 is 48.4 Å². The smallest absolute Gasteiger partial charge is 0.407 e. The zero-order valence-corrected chi connectivity index (χ0v) is 27.9. The second-order valence-electron chi connectivity index (χ2n) is 10.2. The fourth-order valence-corrected chi connectivity index (χ4v) is 4.48. The van der Waals surface area contributed by atoms with Gasteiger partial charge in [-0.2, -0.15) is 0 Å². The van der Waals surface area contributed by atoms with E-state index < -0.39 is 6.09 Å². The summed E-state index contributed by atoms with van der Waals surface area (Å²) in [4.78, 5) is 27.1. The number of ether oxygens (including phenoxy) is 3. The number of benzene rings is 1. The first-order chi connectivity index (χ1) is 20.2. The average molecular weight is 698 g/mol. The van der Waals surface area contributed by atoms with Gasteiger partial charge in [0.15, 0.2) is 12.4 Å². The van der Waals surface area contributed by atoms with Crippen LogP contribution in [0.1, 0.15) is 88.4 Å². The van der Waals surface area contributed by atoms with Crippen molar-refractivity contribution in [2.75, 3.05) is 51.0 Å². The molecular weight excluding hydrogens is 645 g/mol. The first kappa shape index (κ1) is 37.8. The van der Waals surface area contributed by atoms with Gasteiger partial charge in [-0.05, 0) is 31.5 Å². The Morgan fingerprint density at radius 2 is 1.38 bits per heavy atom. The van der Waals surface area contributed by atoms with Crippen molar-refractivity contribution < 1.29 is 52.3 Å². The summed E-state index contributed by atoms with van der Waals surface area (Å²) in [6.45, 7) is 7.90. The van der Waals surface area contributed by atoms with E-state index in [4.69, 9.17) is 14.2 Å². The number of carbonyl (C=O) groups excluding carboxylic acids is 2. The van der Waals surface area contributed by atoms with Gasteiger partial charge in [-0.3, -0.25) is 4.79 Å². The molecule has 0 saturated heterocycles. The Hall–Kier alpha value is -2.24. The Balaban J connectivity index is 0.00000882. The Bertz CT molecular complexity index is 964. The van der Waals surface area contributed by atoms with E-state index in [-0.39, 0.29) is 43.0 Å². The molecule has 0 atom stereocenters. The summed E-state index contributed by atoms with van der Waals surface area (Å²) >= 11 is 0. The highest BCUT2D eigenvalue weighted by Crippen LogP contribution is 2.16. The van der Waals surface area contributed by atoms with Crippen LogP contribution >= 0.6 is 0 Å². The number of para-hydroxylation sites is 1. The Morgan fingerprint density at radius 3 is 2.05 bits per heavy atom. The van der Waals surface area contributed by atoms with Crippen LogP contribution in [0.2, 0.25) is 0 Å². The predicted octanol–water partition coefficient (Wildman–Crippen LogP) is 3.33. The van der Waals surface area contributed by atoms with Gasteiger partial charge in [0.1, 0.15) is 18.7 Å². The monoisotopic (exact) mass is 697 g/mol. The summed E-state index contributed by atoms with van der Waals surface area (Å²) in [5.41, 5.74) is 1.36. The Morgan fingerprint density at radius 1 is 0.762 bits per heavy atom. The predicted molar refractivity (Wildman–Crippen MR) is 163 cm³/mol. The number of aromatic nitrogens is 1. The van der Waals surface area contributed by atoms with Gasteiger partial charge in [0, 0.05) is 31.5 Å². The van der Waals surface area contributed by atoms with Crippen molar-refractivity contribution in [2.45, 2.75) is 84.6 Å². The quantitative estimate of drug-likeness (QED) is 0.110. The molecule has 0 aliphatic carbocycles. The number of halogens is 1. The molecule has 236 valence electrons. The number of nitrogens with zero attached hydrogens (tertiary/aromatic N) is 2. The average Bonchev–Trinajstić information content (AvgIpc) is 3.01. The van der Waals surface area contributed by atoms with Crippen LogP contribution in [-0.4, -0.2) is 58.1 Å². The zero-order valence-electron chi connectivity index (χ0n) is 25.7. The van der Waals surface area contributed by atoms with Gasteiger partial charge in [0.2, 0.25) is 0 Å². The van der Waals surface area contributed by atoms with Gasteiger partial charge in [-0.25, -0.2) is 9.36 Å². The van der Waals surface area contributed by atoms with Gasteiger partial charge >= 0.3 is 6.09 Å². The summed E-state index contributed by atoms with van der Waals surface area (Å²) in [6.07, 6.45) is 16.4. The van der Waals surface area contributed by atoms with Gasteiger partial charge in [-0.1, -0.05) is 82.9 Å². The third-order valence-electron chi connectivity index (χ3n) is 6.86. The van der Waals surface area contributed by atoms with Crippen molar-refractivity contribution in [3.8, 4) is 0 Å². The number of hydrogen-bond donors (Lipinski definition) is 1. The summed E-state index contributed by atoms with van der Waals surface area (Å²) in [5, 5.41) is 2.73. The lowest BCUT2D eigenvalue weighted by Crippen LogP contribution is -3.00. The van der Waals surface area contributed by atoms with E-state index in [9.17, 15) is 9.59 Å². The molecule has 8 nitrogen and oxygen atoms in total. The lowest BCUT2D eigenvalue weighted by Gasteiger charge is -2.22. The summed E-state index contributed by atoms with van der Waals surface area (Å²) in [5.74, 6) is -0.127. The highest BCUT2D eigenvalue weighted by Gasteiger charge is 2.20. The molecule has 0 aliphatic rings. The van der Waals surface area contributed by atoms with Crippen LogP contribution in [0.25, 0.3) is 0 Å². The van der Waals surface area contributed by atoms with E-state index in [1.807, 2.05) is 60.3 Å². The minimum absolute atomic E-state index is 0. The van der Waals surface area contributed by atoms with Crippen molar-refractivity contribution in [3.05, 3.63) is 60.4 Å². The number of aryl methyl sites for hydroxylation is 1. The molecule has 0 radical (unpaired) electrons. The largest absolute Gasteiger partial charge is 1.00 e. The first-order valence-corrected chi connectivity index (χ1v) is 15.6. The van der Waals surface area contributed by atoms with Crippen molar-refractivity contribution in [2.24, 2.45) is 0 Å².